The van der Waals surface area contributed by atoms with Crippen molar-refractivity contribution in [1.82, 2.24) is 14.9 Å². The van der Waals surface area contributed by atoms with Crippen LogP contribution in [0.3, 0.4) is 0 Å². The molecule has 1 aromatic heterocycles. The Morgan fingerprint density at radius 3 is 2.75 bits per heavy atom. The number of amides is 2. The molecule has 0 aliphatic carbocycles. The summed E-state index contributed by atoms with van der Waals surface area (Å²) in [6.45, 7) is 2.46. The number of hydrogen-bond donors (Lipinski definition) is 2. The number of fused-ring (bicyclic) bond motifs is 1. The minimum absolute atomic E-state index is 0.0147. The van der Waals surface area contributed by atoms with E-state index < -0.39 is 10.0 Å². The van der Waals surface area contributed by atoms with Gasteiger partial charge in [-0.25, -0.2) is 13.1 Å². The molecule has 32 heavy (non-hydrogen) atoms. The summed E-state index contributed by atoms with van der Waals surface area (Å²) >= 11 is 1.73. The Labute approximate surface area is 192 Å². The molecule has 1 unspecified atom stereocenters. The summed E-state index contributed by atoms with van der Waals surface area (Å²) in [5.41, 5.74) is 1.55. The number of nitrogens with one attached hydrogen (secondary N) is 2. The molecule has 2 N–H and O–H groups in total. The maximum absolute atomic E-state index is 12.5. The van der Waals surface area contributed by atoms with Crippen LogP contribution in [0.4, 0.5) is 0 Å². The van der Waals surface area contributed by atoms with Gasteiger partial charge in [0.05, 0.1) is 11.0 Å². The molecule has 8 nitrogen and oxygen atoms in total. The first-order chi connectivity index (χ1) is 15.4. The van der Waals surface area contributed by atoms with Gasteiger partial charge in [0.25, 0.3) is 5.91 Å². The van der Waals surface area contributed by atoms with Crippen LogP contribution in [0.15, 0.2) is 40.6 Å². The van der Waals surface area contributed by atoms with Gasteiger partial charge in [-0.3, -0.25) is 9.59 Å². The Morgan fingerprint density at radius 2 is 2.00 bits per heavy atom. The van der Waals surface area contributed by atoms with Crippen LogP contribution < -0.4 is 10.0 Å². The summed E-state index contributed by atoms with van der Waals surface area (Å²) in [6.07, 6.45) is 2.80. The maximum Gasteiger partial charge on any atom is 0.251 e. The molecule has 1 atom stereocenters. The van der Waals surface area contributed by atoms with E-state index in [2.05, 4.69) is 21.5 Å². The second-order valence-electron chi connectivity index (χ2n) is 7.95. The number of hydrogen-bond acceptors (Lipinski definition) is 6. The number of nitrogens with zero attached hydrogens (tertiary/aromatic N) is 1. The topological polar surface area (TPSA) is 105 Å². The predicted octanol–water partition coefficient (Wildman–Crippen LogP) is 1.91. The molecule has 0 spiro atoms. The molecule has 4 rings (SSSR count). The van der Waals surface area contributed by atoms with Crippen LogP contribution in [0.25, 0.3) is 0 Å². The molecule has 2 amide bonds. The molecule has 1 aromatic carbocycles. The fraction of sp³-hybridized carbons (Fsp3) is 0.455. The smallest absolute Gasteiger partial charge is 0.251 e. The van der Waals surface area contributed by atoms with Gasteiger partial charge in [0.1, 0.15) is 0 Å². The minimum Gasteiger partial charge on any atom is -0.377 e. The molecule has 0 radical (unpaired) electrons. The molecule has 10 heteroatoms. The lowest BCUT2D eigenvalue weighted by molar-refractivity contribution is -0.131. The van der Waals surface area contributed by atoms with Gasteiger partial charge in [-0.15, -0.1) is 11.3 Å². The average Bonchev–Trinajstić information content (AvgIpc) is 3.49. The number of benzene rings is 1. The van der Waals surface area contributed by atoms with E-state index in [9.17, 15) is 18.0 Å². The second kappa shape index (κ2) is 10.1. The molecule has 2 aromatic rings. The molecule has 172 valence electrons. The van der Waals surface area contributed by atoms with Crippen molar-refractivity contribution in [2.45, 2.75) is 43.2 Å². The summed E-state index contributed by atoms with van der Waals surface area (Å²) in [5.74, 6) is -0.325. The van der Waals surface area contributed by atoms with Crippen molar-refractivity contribution in [2.75, 3.05) is 26.2 Å². The van der Waals surface area contributed by atoms with Gasteiger partial charge in [0.15, 0.2) is 0 Å². The van der Waals surface area contributed by atoms with Crippen LogP contribution >= 0.6 is 11.3 Å². The van der Waals surface area contributed by atoms with Gasteiger partial charge in [-0.1, -0.05) is 0 Å². The fourth-order valence-electron chi connectivity index (χ4n) is 3.88. The first-order valence-electron chi connectivity index (χ1n) is 10.7. The van der Waals surface area contributed by atoms with Gasteiger partial charge in [-0.05, 0) is 60.5 Å². The Kier molecular flexibility index (Phi) is 7.24. The molecule has 3 heterocycles. The van der Waals surface area contributed by atoms with Crippen molar-refractivity contribution >= 4 is 33.2 Å². The van der Waals surface area contributed by atoms with Crippen LogP contribution in [0.5, 0.6) is 0 Å². The zero-order chi connectivity index (χ0) is 22.6. The summed E-state index contributed by atoms with van der Waals surface area (Å²) in [6, 6.07) is 7.82. The highest BCUT2D eigenvalue weighted by Gasteiger charge is 2.22. The number of carbonyl (C=O) groups is 2. The van der Waals surface area contributed by atoms with Crippen LogP contribution in [-0.4, -0.2) is 57.5 Å². The SMILES string of the molecule is O=C(NCCC(=O)N1CCc2sccc2C1)c1ccc(S(=O)(=O)NCC2CCCO2)cc1. The van der Waals surface area contributed by atoms with E-state index in [1.165, 1.54) is 34.7 Å². The van der Waals surface area contributed by atoms with Crippen LogP contribution in [0.2, 0.25) is 0 Å². The molecule has 1 saturated heterocycles. The van der Waals surface area contributed by atoms with Crippen molar-refractivity contribution in [3.05, 3.63) is 51.7 Å². The number of sulfonamides is 1. The highest BCUT2D eigenvalue weighted by Crippen LogP contribution is 2.24. The lowest BCUT2D eigenvalue weighted by Crippen LogP contribution is -2.37. The van der Waals surface area contributed by atoms with Crippen molar-refractivity contribution in [1.29, 1.82) is 0 Å². The standard InChI is InChI=1S/C22H27N3O5S2/c26-21(25-11-8-20-17(15-25)9-13-31-20)7-10-23-22(27)16-3-5-19(6-4-16)32(28,29)24-14-18-2-1-12-30-18/h3-6,9,13,18,24H,1-2,7-8,10-12,14-15H2,(H,23,27). The molecular weight excluding hydrogens is 450 g/mol. The molecule has 0 bridgehead atoms. The predicted molar refractivity (Wildman–Crippen MR) is 121 cm³/mol. The number of ether oxygens (including phenoxy) is 1. The molecule has 2 aliphatic heterocycles. The Hall–Kier alpha value is -2.27. The van der Waals surface area contributed by atoms with E-state index in [1.807, 2.05) is 4.90 Å². The summed E-state index contributed by atoms with van der Waals surface area (Å²) in [7, 11) is -3.66. The minimum atomic E-state index is -3.66. The van der Waals surface area contributed by atoms with E-state index >= 15 is 0 Å². The number of thiophene rings is 1. The Morgan fingerprint density at radius 1 is 1.19 bits per heavy atom. The molecule has 1 fully saturated rings. The number of carbonyl (C=O) groups excluding carboxylic acids is 2. The van der Waals surface area contributed by atoms with Gasteiger partial charge < -0.3 is 15.0 Å². The van der Waals surface area contributed by atoms with Crippen molar-refractivity contribution in [3.8, 4) is 0 Å². The normalized spacial score (nSPS) is 18.4. The zero-order valence-corrected chi connectivity index (χ0v) is 19.3. The Bertz CT molecular complexity index is 1060. The summed E-state index contributed by atoms with van der Waals surface area (Å²) in [4.78, 5) is 28.1. The second-order valence-corrected chi connectivity index (χ2v) is 10.7. The van der Waals surface area contributed by atoms with E-state index in [0.717, 1.165) is 19.3 Å². The van der Waals surface area contributed by atoms with Gasteiger partial charge in [-0.2, -0.15) is 0 Å². The summed E-state index contributed by atoms with van der Waals surface area (Å²) in [5, 5.41) is 4.79. The zero-order valence-electron chi connectivity index (χ0n) is 17.7. The fourth-order valence-corrected chi connectivity index (χ4v) is 5.84. The molecule has 0 saturated carbocycles. The van der Waals surface area contributed by atoms with Crippen molar-refractivity contribution in [3.63, 3.8) is 0 Å². The van der Waals surface area contributed by atoms with E-state index in [0.29, 0.717) is 25.3 Å². The third-order valence-corrected chi connectivity index (χ3v) is 8.20. The van der Waals surface area contributed by atoms with Crippen molar-refractivity contribution in [2.24, 2.45) is 0 Å². The maximum atomic E-state index is 12.5. The molecular formula is C22H27N3O5S2. The first-order valence-corrected chi connectivity index (χ1v) is 13.1. The number of rotatable bonds is 8. The van der Waals surface area contributed by atoms with Gasteiger partial charge in [0.2, 0.25) is 15.9 Å². The van der Waals surface area contributed by atoms with Gasteiger partial charge >= 0.3 is 0 Å². The highest BCUT2D eigenvalue weighted by atomic mass is 32.2. The lowest BCUT2D eigenvalue weighted by atomic mass is 10.1. The summed E-state index contributed by atoms with van der Waals surface area (Å²) < 4.78 is 32.8. The molecule has 2 aliphatic rings. The van der Waals surface area contributed by atoms with Crippen LogP contribution in [0, 0.1) is 0 Å². The van der Waals surface area contributed by atoms with Crippen molar-refractivity contribution < 1.29 is 22.7 Å². The van der Waals surface area contributed by atoms with Crippen LogP contribution in [-0.2, 0) is 32.5 Å². The quantitative estimate of drug-likeness (QED) is 0.604. The van der Waals surface area contributed by atoms with E-state index in [4.69, 9.17) is 4.74 Å². The monoisotopic (exact) mass is 477 g/mol. The Balaban J connectivity index is 1.23. The first kappa shape index (κ1) is 22.9. The van der Waals surface area contributed by atoms with Gasteiger partial charge in [0, 0.05) is 49.6 Å². The largest absolute Gasteiger partial charge is 0.377 e. The van der Waals surface area contributed by atoms with E-state index in [-0.39, 0.29) is 42.3 Å². The van der Waals surface area contributed by atoms with E-state index in [1.54, 1.807) is 11.3 Å². The van der Waals surface area contributed by atoms with Crippen LogP contribution in [0.1, 0.15) is 40.1 Å². The average molecular weight is 478 g/mol. The third kappa shape index (κ3) is 5.55. The third-order valence-electron chi connectivity index (χ3n) is 5.74. The highest BCUT2D eigenvalue weighted by molar-refractivity contribution is 7.89. The lowest BCUT2D eigenvalue weighted by Gasteiger charge is -2.27.